The number of aromatic nitrogens is 1. The summed E-state index contributed by atoms with van der Waals surface area (Å²) < 4.78 is 5.73. The Morgan fingerprint density at radius 3 is 2.44 bits per heavy atom. The lowest BCUT2D eigenvalue weighted by atomic mass is 9.90. The molecule has 1 saturated carbocycles. The molecule has 8 heteroatoms. The van der Waals surface area contributed by atoms with E-state index in [9.17, 15) is 9.59 Å². The fourth-order valence-electron chi connectivity index (χ4n) is 4.52. The summed E-state index contributed by atoms with van der Waals surface area (Å²) in [5.74, 6) is 0.530. The molecule has 4 aromatic rings. The molecule has 0 bridgehead atoms. The second kappa shape index (κ2) is 11.2. The first-order valence-electron chi connectivity index (χ1n) is 12.1. The molecule has 0 aliphatic heterocycles. The van der Waals surface area contributed by atoms with Crippen molar-refractivity contribution in [1.82, 2.24) is 15.6 Å². The van der Waals surface area contributed by atoms with Gasteiger partial charge in [0, 0.05) is 16.8 Å². The van der Waals surface area contributed by atoms with Gasteiger partial charge in [-0.15, -0.1) is 11.3 Å². The lowest BCUT2D eigenvalue weighted by molar-refractivity contribution is 0.0911. The molecule has 5 rings (SSSR count). The summed E-state index contributed by atoms with van der Waals surface area (Å²) in [6, 6.07) is 22.7. The molecule has 184 valence electrons. The summed E-state index contributed by atoms with van der Waals surface area (Å²) >= 11 is 1.40. The number of hydrogen-bond acceptors (Lipinski definition) is 5. The second-order valence-electron chi connectivity index (χ2n) is 8.82. The van der Waals surface area contributed by atoms with Gasteiger partial charge in [-0.05, 0) is 36.4 Å². The third kappa shape index (κ3) is 5.83. The fourth-order valence-corrected chi connectivity index (χ4v) is 5.21. The smallest absolute Gasteiger partial charge is 0.319 e. The van der Waals surface area contributed by atoms with Crippen LogP contribution >= 0.6 is 11.3 Å². The van der Waals surface area contributed by atoms with Gasteiger partial charge in [-0.1, -0.05) is 67.4 Å². The van der Waals surface area contributed by atoms with Crippen molar-refractivity contribution in [2.75, 3.05) is 5.32 Å². The lowest BCUT2D eigenvalue weighted by Gasteiger charge is -2.32. The average molecular weight is 501 g/mol. The van der Waals surface area contributed by atoms with Crippen molar-refractivity contribution in [3.8, 4) is 5.75 Å². The van der Waals surface area contributed by atoms with E-state index in [0.29, 0.717) is 12.3 Å². The van der Waals surface area contributed by atoms with Crippen LogP contribution in [0, 0.1) is 0 Å². The van der Waals surface area contributed by atoms with E-state index in [2.05, 4.69) is 20.9 Å². The van der Waals surface area contributed by atoms with Crippen molar-refractivity contribution in [3.63, 3.8) is 0 Å². The van der Waals surface area contributed by atoms with E-state index in [1.807, 2.05) is 72.8 Å². The molecule has 3 N–H and O–H groups in total. The SMILES string of the molecule is O=C(Nc1cccc2ccccc12)N[C@H]1CCCC[C@@H]1NC(=O)c1csc(COc2ccccc2)n1. The minimum absolute atomic E-state index is 0.155. The Morgan fingerprint density at radius 1 is 0.889 bits per heavy atom. The zero-order chi connectivity index (χ0) is 24.7. The predicted octanol–water partition coefficient (Wildman–Crippen LogP) is 5.74. The number of carbonyl (C=O) groups excluding carboxylic acids is 2. The van der Waals surface area contributed by atoms with Crippen molar-refractivity contribution in [2.24, 2.45) is 0 Å². The number of para-hydroxylation sites is 1. The molecule has 2 atom stereocenters. The topological polar surface area (TPSA) is 92.4 Å². The van der Waals surface area contributed by atoms with E-state index < -0.39 is 0 Å². The number of benzene rings is 3. The predicted molar refractivity (Wildman–Crippen MR) is 143 cm³/mol. The highest BCUT2D eigenvalue weighted by Gasteiger charge is 2.29. The molecule has 3 amide bonds. The number of ether oxygens (including phenoxy) is 1. The summed E-state index contributed by atoms with van der Waals surface area (Å²) in [7, 11) is 0. The fraction of sp³-hybridized carbons (Fsp3) is 0.250. The standard InChI is InChI=1S/C28H28N4O3S/c33-27(25-18-36-26(29-25)17-35-20-11-2-1-3-12-20)30-23-14-6-7-15-24(23)32-28(34)31-22-16-8-10-19-9-4-5-13-21(19)22/h1-5,8-13,16,18,23-24H,6-7,14-15,17H2,(H,30,33)(H2,31,32,34)/t23-,24-/m0/s1. The molecule has 7 nitrogen and oxygen atoms in total. The first-order chi connectivity index (χ1) is 17.7. The Balaban J connectivity index is 1.18. The van der Waals surface area contributed by atoms with Crippen LogP contribution < -0.4 is 20.7 Å². The van der Waals surface area contributed by atoms with Crippen LogP contribution in [0.15, 0.2) is 78.2 Å². The van der Waals surface area contributed by atoms with E-state index >= 15 is 0 Å². The summed E-state index contributed by atoms with van der Waals surface area (Å²) in [6.07, 6.45) is 3.62. The summed E-state index contributed by atoms with van der Waals surface area (Å²) in [5, 5.41) is 13.7. The van der Waals surface area contributed by atoms with Gasteiger partial charge in [0.05, 0.1) is 11.7 Å². The van der Waals surface area contributed by atoms with Crippen molar-refractivity contribution in [3.05, 3.63) is 88.9 Å². The largest absolute Gasteiger partial charge is 0.486 e. The van der Waals surface area contributed by atoms with Crippen molar-refractivity contribution >= 4 is 39.7 Å². The lowest BCUT2D eigenvalue weighted by Crippen LogP contribution is -2.54. The molecule has 1 fully saturated rings. The van der Waals surface area contributed by atoms with Crippen molar-refractivity contribution < 1.29 is 14.3 Å². The monoisotopic (exact) mass is 500 g/mol. The maximum Gasteiger partial charge on any atom is 0.319 e. The van der Waals surface area contributed by atoms with Crippen LogP contribution in [0.5, 0.6) is 5.75 Å². The normalized spacial score (nSPS) is 17.3. The molecule has 3 aromatic carbocycles. The van der Waals surface area contributed by atoms with Gasteiger partial charge in [-0.3, -0.25) is 4.79 Å². The van der Waals surface area contributed by atoms with Crippen LogP contribution in [0.2, 0.25) is 0 Å². The maximum absolute atomic E-state index is 12.9. The molecule has 1 aliphatic rings. The summed E-state index contributed by atoms with van der Waals surface area (Å²) in [4.78, 5) is 30.2. The first-order valence-corrected chi connectivity index (χ1v) is 13.0. The molecular weight excluding hydrogens is 472 g/mol. The third-order valence-electron chi connectivity index (χ3n) is 6.33. The van der Waals surface area contributed by atoms with Crippen molar-refractivity contribution in [1.29, 1.82) is 0 Å². The molecule has 0 saturated heterocycles. The summed E-state index contributed by atoms with van der Waals surface area (Å²) in [5.41, 5.74) is 1.13. The number of fused-ring (bicyclic) bond motifs is 1. The van der Waals surface area contributed by atoms with E-state index in [-0.39, 0.29) is 24.0 Å². The van der Waals surface area contributed by atoms with Crippen LogP contribution in [-0.4, -0.2) is 29.0 Å². The Labute approximate surface area is 213 Å². The second-order valence-corrected chi connectivity index (χ2v) is 9.77. The maximum atomic E-state index is 12.9. The van der Waals surface area contributed by atoms with E-state index in [0.717, 1.165) is 52.9 Å². The van der Waals surface area contributed by atoms with Gasteiger partial charge in [0.25, 0.3) is 5.91 Å². The molecule has 1 aliphatic carbocycles. The highest BCUT2D eigenvalue weighted by Crippen LogP contribution is 2.24. The Morgan fingerprint density at radius 2 is 1.61 bits per heavy atom. The van der Waals surface area contributed by atoms with Crippen LogP contribution in [-0.2, 0) is 6.61 Å². The van der Waals surface area contributed by atoms with E-state index in [4.69, 9.17) is 4.74 Å². The molecule has 0 unspecified atom stereocenters. The zero-order valence-electron chi connectivity index (χ0n) is 19.8. The van der Waals surface area contributed by atoms with Gasteiger partial charge < -0.3 is 20.7 Å². The molecule has 0 radical (unpaired) electrons. The Hall–Kier alpha value is -3.91. The number of rotatable bonds is 7. The number of carbonyl (C=O) groups is 2. The van der Waals surface area contributed by atoms with Crippen LogP contribution in [0.1, 0.15) is 41.2 Å². The minimum Gasteiger partial charge on any atom is -0.486 e. The Kier molecular flexibility index (Phi) is 7.42. The molecule has 36 heavy (non-hydrogen) atoms. The number of hydrogen-bond donors (Lipinski definition) is 3. The van der Waals surface area contributed by atoms with Crippen LogP contribution in [0.4, 0.5) is 10.5 Å². The van der Waals surface area contributed by atoms with Crippen LogP contribution in [0.3, 0.4) is 0 Å². The summed E-state index contributed by atoms with van der Waals surface area (Å²) in [6.45, 7) is 0.309. The van der Waals surface area contributed by atoms with E-state index in [1.54, 1.807) is 5.38 Å². The van der Waals surface area contributed by atoms with E-state index in [1.165, 1.54) is 11.3 Å². The van der Waals surface area contributed by atoms with Gasteiger partial charge in [0.15, 0.2) is 0 Å². The van der Waals surface area contributed by atoms with Gasteiger partial charge in [-0.25, -0.2) is 9.78 Å². The van der Waals surface area contributed by atoms with Crippen molar-refractivity contribution in [2.45, 2.75) is 44.4 Å². The molecular formula is C28H28N4O3S. The Bertz CT molecular complexity index is 1340. The molecule has 0 spiro atoms. The quantitative estimate of drug-likeness (QED) is 0.302. The van der Waals surface area contributed by atoms with Gasteiger partial charge in [0.1, 0.15) is 23.1 Å². The third-order valence-corrected chi connectivity index (χ3v) is 7.15. The van der Waals surface area contributed by atoms with Gasteiger partial charge in [0.2, 0.25) is 0 Å². The number of anilines is 1. The van der Waals surface area contributed by atoms with Gasteiger partial charge >= 0.3 is 6.03 Å². The number of nitrogens with zero attached hydrogens (tertiary/aromatic N) is 1. The molecule has 1 aromatic heterocycles. The number of thiazole rings is 1. The molecule has 1 heterocycles. The highest BCUT2D eigenvalue weighted by molar-refractivity contribution is 7.09. The minimum atomic E-state index is -0.272. The van der Waals surface area contributed by atoms with Crippen LogP contribution in [0.25, 0.3) is 10.8 Å². The number of nitrogens with one attached hydrogen (secondary N) is 3. The van der Waals surface area contributed by atoms with Gasteiger partial charge in [-0.2, -0.15) is 0 Å². The highest BCUT2D eigenvalue weighted by atomic mass is 32.1. The first kappa shape index (κ1) is 23.8. The number of amides is 3. The average Bonchev–Trinajstić information content (AvgIpc) is 3.39. The number of urea groups is 1. The zero-order valence-corrected chi connectivity index (χ0v) is 20.6.